The second-order valence-electron chi connectivity index (χ2n) is 7.42. The van der Waals surface area contributed by atoms with Gasteiger partial charge in [0, 0.05) is 16.5 Å². The number of methoxy groups -OCH3 is 1. The van der Waals surface area contributed by atoms with Crippen molar-refractivity contribution in [2.75, 3.05) is 7.11 Å². The number of aromatic nitrogens is 1. The highest BCUT2D eigenvalue weighted by atomic mass is 35.5. The molecule has 0 radical (unpaired) electrons. The van der Waals surface area contributed by atoms with Crippen molar-refractivity contribution in [3.63, 3.8) is 0 Å². The van der Waals surface area contributed by atoms with Crippen LogP contribution >= 0.6 is 45.9 Å². The van der Waals surface area contributed by atoms with Crippen LogP contribution in [0.25, 0.3) is 17.4 Å². The summed E-state index contributed by atoms with van der Waals surface area (Å²) in [6, 6.07) is 12.0. The number of allylic oxidation sites excluding steroid dienone is 1. The molecule has 1 unspecified atom stereocenters. The first-order chi connectivity index (χ1) is 16.4. The number of thiophene rings is 1. The number of ether oxygens (including phenoxy) is 1. The fourth-order valence-electron chi connectivity index (χ4n) is 3.77. The third-order valence-electron chi connectivity index (χ3n) is 5.34. The molecule has 4 aromatic rings. The second kappa shape index (κ2) is 9.03. The molecule has 1 aliphatic rings. The van der Waals surface area contributed by atoms with Gasteiger partial charge >= 0.3 is 5.97 Å². The van der Waals surface area contributed by atoms with Gasteiger partial charge in [0.25, 0.3) is 5.56 Å². The number of hydrogen-bond acceptors (Lipinski definition) is 7. The Balaban J connectivity index is 1.62. The lowest BCUT2D eigenvalue weighted by molar-refractivity contribution is -0.136. The largest absolute Gasteiger partial charge is 0.466 e. The van der Waals surface area contributed by atoms with Crippen molar-refractivity contribution < 1.29 is 13.9 Å². The van der Waals surface area contributed by atoms with E-state index in [2.05, 4.69) is 4.99 Å². The normalized spacial score (nSPS) is 15.9. The molecule has 0 spiro atoms. The van der Waals surface area contributed by atoms with Gasteiger partial charge < -0.3 is 9.15 Å². The lowest BCUT2D eigenvalue weighted by Gasteiger charge is -2.22. The minimum atomic E-state index is -0.603. The van der Waals surface area contributed by atoms with E-state index in [9.17, 15) is 9.59 Å². The van der Waals surface area contributed by atoms with Crippen molar-refractivity contribution in [3.05, 3.63) is 99.5 Å². The van der Waals surface area contributed by atoms with Crippen molar-refractivity contribution in [1.29, 1.82) is 0 Å². The number of hydrogen-bond donors (Lipinski definition) is 0. The van der Waals surface area contributed by atoms with Crippen LogP contribution < -0.4 is 14.9 Å². The molecule has 1 aromatic carbocycles. The Bertz CT molecular complexity index is 1630. The lowest BCUT2D eigenvalue weighted by Crippen LogP contribution is -2.39. The molecule has 172 valence electrons. The summed E-state index contributed by atoms with van der Waals surface area (Å²) in [4.78, 5) is 32.0. The summed E-state index contributed by atoms with van der Waals surface area (Å²) in [6.45, 7) is 1.75. The molecule has 1 aliphatic heterocycles. The Hall–Kier alpha value is -2.91. The van der Waals surface area contributed by atoms with E-state index in [1.807, 2.05) is 23.6 Å². The predicted molar refractivity (Wildman–Crippen MR) is 134 cm³/mol. The van der Waals surface area contributed by atoms with Crippen LogP contribution in [0.4, 0.5) is 0 Å². The lowest BCUT2D eigenvalue weighted by atomic mass is 10.0. The van der Waals surface area contributed by atoms with Crippen LogP contribution in [0.15, 0.2) is 73.3 Å². The molecular weight excluding hydrogens is 515 g/mol. The van der Waals surface area contributed by atoms with Crippen LogP contribution in [-0.2, 0) is 9.53 Å². The minimum absolute atomic E-state index is 0.261. The number of halogens is 2. The fourth-order valence-corrected chi connectivity index (χ4v) is 5.92. The molecule has 0 N–H and O–H groups in total. The van der Waals surface area contributed by atoms with Gasteiger partial charge in [-0.05, 0) is 48.7 Å². The van der Waals surface area contributed by atoms with E-state index in [0.717, 1.165) is 10.4 Å². The first-order valence-electron chi connectivity index (χ1n) is 10.1. The van der Waals surface area contributed by atoms with Gasteiger partial charge in [-0.1, -0.05) is 40.6 Å². The van der Waals surface area contributed by atoms with Gasteiger partial charge in [-0.15, -0.1) is 11.3 Å². The highest BCUT2D eigenvalue weighted by Gasteiger charge is 2.33. The Kier molecular flexibility index (Phi) is 6.07. The average molecular weight is 531 g/mol. The highest BCUT2D eigenvalue weighted by molar-refractivity contribution is 7.10. The third kappa shape index (κ3) is 3.96. The molecule has 6 nitrogen and oxygen atoms in total. The quantitative estimate of drug-likeness (QED) is 0.346. The fraction of sp³-hybridized carbons (Fsp3) is 0.125. The van der Waals surface area contributed by atoms with E-state index in [-0.39, 0.29) is 5.56 Å². The SMILES string of the molecule is COC(=O)C1=C(C)N=c2s/c(=C/c3ccc(-c4ccc(Cl)c(Cl)c4)o3)c(=O)n2C1c1cccs1. The summed E-state index contributed by atoms with van der Waals surface area (Å²) in [7, 11) is 1.32. The van der Waals surface area contributed by atoms with Gasteiger partial charge in [0.15, 0.2) is 4.80 Å². The molecule has 10 heteroatoms. The zero-order valence-electron chi connectivity index (χ0n) is 17.9. The molecule has 0 saturated heterocycles. The Morgan fingerprint density at radius 2 is 2.03 bits per heavy atom. The number of carbonyl (C=O) groups excluding carboxylic acids is 1. The van der Waals surface area contributed by atoms with E-state index < -0.39 is 12.0 Å². The van der Waals surface area contributed by atoms with E-state index >= 15 is 0 Å². The second-order valence-corrected chi connectivity index (χ2v) is 10.2. The Labute approximate surface area is 211 Å². The molecular formula is C24H16Cl2N2O4S2. The molecule has 34 heavy (non-hydrogen) atoms. The van der Waals surface area contributed by atoms with E-state index in [1.165, 1.54) is 29.8 Å². The molecule has 4 heterocycles. The number of esters is 1. The van der Waals surface area contributed by atoms with E-state index in [4.69, 9.17) is 32.4 Å². The molecule has 0 aliphatic carbocycles. The number of nitrogens with zero attached hydrogens (tertiary/aromatic N) is 2. The van der Waals surface area contributed by atoms with Gasteiger partial charge in [0.2, 0.25) is 0 Å². The zero-order valence-corrected chi connectivity index (χ0v) is 21.0. The number of thiazole rings is 1. The summed E-state index contributed by atoms with van der Waals surface area (Å²) in [5, 5.41) is 2.79. The maximum atomic E-state index is 13.5. The van der Waals surface area contributed by atoms with Crippen molar-refractivity contribution in [2.45, 2.75) is 13.0 Å². The van der Waals surface area contributed by atoms with Gasteiger partial charge in [0.1, 0.15) is 17.6 Å². The van der Waals surface area contributed by atoms with Crippen molar-refractivity contribution >= 4 is 57.9 Å². The zero-order chi connectivity index (χ0) is 24.0. The van der Waals surface area contributed by atoms with Crippen LogP contribution in [0.5, 0.6) is 0 Å². The van der Waals surface area contributed by atoms with Gasteiger partial charge in [-0.25, -0.2) is 9.79 Å². The van der Waals surface area contributed by atoms with Crippen molar-refractivity contribution in [2.24, 2.45) is 4.99 Å². The number of rotatable bonds is 4. The first-order valence-corrected chi connectivity index (χ1v) is 12.5. The monoisotopic (exact) mass is 530 g/mol. The summed E-state index contributed by atoms with van der Waals surface area (Å²) in [5.41, 5.74) is 1.39. The summed E-state index contributed by atoms with van der Waals surface area (Å²) in [5.74, 6) is 0.590. The summed E-state index contributed by atoms with van der Waals surface area (Å²) >= 11 is 14.8. The molecule has 1 atom stereocenters. The molecule has 0 fully saturated rings. The Morgan fingerprint density at radius 1 is 1.21 bits per heavy atom. The minimum Gasteiger partial charge on any atom is -0.466 e. The van der Waals surface area contributed by atoms with E-state index in [1.54, 1.807) is 41.8 Å². The molecule has 3 aromatic heterocycles. The third-order valence-corrected chi connectivity index (χ3v) is 7.99. The number of benzene rings is 1. The molecule has 0 amide bonds. The molecule has 0 saturated carbocycles. The van der Waals surface area contributed by atoms with Crippen LogP contribution in [0.3, 0.4) is 0 Å². The maximum absolute atomic E-state index is 13.5. The standard InChI is InChI=1S/C24H16Cl2N2O4S2/c1-12-20(23(30)31-2)21(18-4-3-9-33-18)28-22(29)19(34-24(28)27-12)11-14-6-8-17(32-14)13-5-7-15(25)16(26)10-13/h3-11,21H,1-2H3/b19-11+. The van der Waals surface area contributed by atoms with Crippen LogP contribution in [0.2, 0.25) is 10.0 Å². The van der Waals surface area contributed by atoms with Crippen LogP contribution in [0, 0.1) is 0 Å². The predicted octanol–water partition coefficient (Wildman–Crippen LogP) is 5.04. The van der Waals surface area contributed by atoms with E-state index in [0.29, 0.717) is 42.2 Å². The summed E-state index contributed by atoms with van der Waals surface area (Å²) in [6.07, 6.45) is 1.67. The highest BCUT2D eigenvalue weighted by Crippen LogP contribution is 2.33. The van der Waals surface area contributed by atoms with Gasteiger partial charge in [0.05, 0.1) is 33.0 Å². The van der Waals surface area contributed by atoms with Crippen molar-refractivity contribution in [3.8, 4) is 11.3 Å². The maximum Gasteiger partial charge on any atom is 0.338 e. The summed E-state index contributed by atoms with van der Waals surface area (Å²) < 4.78 is 12.9. The topological polar surface area (TPSA) is 73.8 Å². The van der Waals surface area contributed by atoms with Crippen LogP contribution in [0.1, 0.15) is 23.6 Å². The van der Waals surface area contributed by atoms with Crippen LogP contribution in [-0.4, -0.2) is 17.6 Å². The number of carbonyl (C=O) groups is 1. The Morgan fingerprint density at radius 3 is 2.74 bits per heavy atom. The van der Waals surface area contributed by atoms with Gasteiger partial charge in [-0.2, -0.15) is 0 Å². The number of furan rings is 1. The number of fused-ring (bicyclic) bond motifs is 1. The smallest absolute Gasteiger partial charge is 0.338 e. The average Bonchev–Trinajstić information content (AvgIpc) is 3.56. The first kappa shape index (κ1) is 22.9. The molecule has 5 rings (SSSR count). The van der Waals surface area contributed by atoms with Crippen molar-refractivity contribution in [1.82, 2.24) is 4.57 Å². The van der Waals surface area contributed by atoms with Gasteiger partial charge in [-0.3, -0.25) is 9.36 Å². The molecule has 0 bridgehead atoms.